The van der Waals surface area contributed by atoms with Gasteiger partial charge in [0.1, 0.15) is 5.75 Å². The van der Waals surface area contributed by atoms with Crippen molar-refractivity contribution in [3.05, 3.63) is 52.2 Å². The fourth-order valence-corrected chi connectivity index (χ4v) is 4.81. The fourth-order valence-electron chi connectivity index (χ4n) is 3.85. The van der Waals surface area contributed by atoms with Gasteiger partial charge >= 0.3 is 11.8 Å². The number of methoxy groups -OCH3 is 1. The molecular formula is C23H32N4O3S. The van der Waals surface area contributed by atoms with Crippen LogP contribution in [-0.2, 0) is 16.0 Å². The molecule has 8 heteroatoms. The van der Waals surface area contributed by atoms with Gasteiger partial charge in [0, 0.05) is 43.6 Å². The zero-order valence-corrected chi connectivity index (χ0v) is 19.3. The van der Waals surface area contributed by atoms with E-state index in [1.165, 1.54) is 4.88 Å². The van der Waals surface area contributed by atoms with Gasteiger partial charge in [-0.1, -0.05) is 18.2 Å². The number of benzene rings is 1. The Morgan fingerprint density at radius 3 is 2.42 bits per heavy atom. The van der Waals surface area contributed by atoms with Crippen LogP contribution in [0.1, 0.15) is 23.4 Å². The molecule has 3 rings (SSSR count). The van der Waals surface area contributed by atoms with Crippen molar-refractivity contribution in [1.29, 1.82) is 0 Å². The molecular weight excluding hydrogens is 412 g/mol. The Hall–Kier alpha value is -2.42. The highest BCUT2D eigenvalue weighted by Crippen LogP contribution is 2.29. The Bertz CT molecular complexity index is 833. The number of likely N-dealkylation sites (N-methyl/N-ethyl adjacent to an activating group) is 1. The summed E-state index contributed by atoms with van der Waals surface area (Å²) in [5.74, 6) is -0.386. The van der Waals surface area contributed by atoms with Gasteiger partial charge in [0.15, 0.2) is 0 Å². The van der Waals surface area contributed by atoms with Crippen molar-refractivity contribution < 1.29 is 14.3 Å². The van der Waals surface area contributed by atoms with E-state index in [2.05, 4.69) is 38.9 Å². The minimum absolute atomic E-state index is 0.0600. The van der Waals surface area contributed by atoms with Crippen LogP contribution < -0.4 is 15.4 Å². The molecule has 2 heterocycles. The molecule has 1 aliphatic heterocycles. The first-order chi connectivity index (χ1) is 15.0. The molecule has 2 atom stereocenters. The van der Waals surface area contributed by atoms with E-state index in [0.29, 0.717) is 13.0 Å². The summed E-state index contributed by atoms with van der Waals surface area (Å²) in [6.45, 7) is 6.24. The van der Waals surface area contributed by atoms with Gasteiger partial charge in [-0.3, -0.25) is 14.5 Å². The van der Waals surface area contributed by atoms with Crippen molar-refractivity contribution in [2.45, 2.75) is 25.4 Å². The zero-order chi connectivity index (χ0) is 22.2. The molecule has 0 saturated carbocycles. The molecule has 1 aromatic carbocycles. The monoisotopic (exact) mass is 444 g/mol. The van der Waals surface area contributed by atoms with Crippen LogP contribution in [-0.4, -0.2) is 74.5 Å². The number of thiophene rings is 1. The van der Waals surface area contributed by atoms with Crippen LogP contribution >= 0.6 is 11.3 Å². The predicted molar refractivity (Wildman–Crippen MR) is 123 cm³/mol. The standard InChI is InChI=1S/C23H32N4O3S/c1-17(21(20-5-4-16-31-20)27-14-12-26(2)13-15-27)25-23(29)22(28)24-11-10-18-6-8-19(30-3)9-7-18/h4-9,16-17,21H,10-15H2,1-3H3,(H,24,28)(H,25,29)/t17-,21-/m0/s1. The quantitative estimate of drug-likeness (QED) is 0.609. The second-order valence-corrected chi connectivity index (χ2v) is 8.89. The smallest absolute Gasteiger partial charge is 0.309 e. The number of ether oxygens (including phenoxy) is 1. The Morgan fingerprint density at radius 2 is 1.81 bits per heavy atom. The van der Waals surface area contributed by atoms with Crippen molar-refractivity contribution in [2.75, 3.05) is 46.9 Å². The molecule has 1 saturated heterocycles. The van der Waals surface area contributed by atoms with Crippen LogP contribution in [0.5, 0.6) is 5.75 Å². The average molecular weight is 445 g/mol. The summed E-state index contributed by atoms with van der Waals surface area (Å²) in [6.07, 6.45) is 0.650. The van der Waals surface area contributed by atoms with E-state index in [-0.39, 0.29) is 12.1 Å². The van der Waals surface area contributed by atoms with E-state index in [1.54, 1.807) is 18.4 Å². The highest BCUT2D eigenvalue weighted by molar-refractivity contribution is 7.10. The summed E-state index contributed by atoms with van der Waals surface area (Å²) in [7, 11) is 3.75. The van der Waals surface area contributed by atoms with E-state index in [1.807, 2.05) is 37.3 Å². The summed E-state index contributed by atoms with van der Waals surface area (Å²) in [6, 6.07) is 11.7. The second-order valence-electron chi connectivity index (χ2n) is 7.92. The van der Waals surface area contributed by atoms with Crippen LogP contribution in [0.4, 0.5) is 0 Å². The lowest BCUT2D eigenvalue weighted by atomic mass is 10.0. The topological polar surface area (TPSA) is 73.9 Å². The first kappa shape index (κ1) is 23.2. The third-order valence-electron chi connectivity index (χ3n) is 5.66. The molecule has 31 heavy (non-hydrogen) atoms. The SMILES string of the molecule is COc1ccc(CCNC(=O)C(=O)N[C@@H](C)[C@@H](c2cccs2)N2CCN(C)CC2)cc1. The highest BCUT2D eigenvalue weighted by atomic mass is 32.1. The first-order valence-corrected chi connectivity index (χ1v) is 11.5. The summed E-state index contributed by atoms with van der Waals surface area (Å²) in [5.41, 5.74) is 1.07. The number of piperazine rings is 1. The maximum absolute atomic E-state index is 12.5. The van der Waals surface area contributed by atoms with Crippen molar-refractivity contribution in [1.82, 2.24) is 20.4 Å². The Labute approximate surface area is 188 Å². The highest BCUT2D eigenvalue weighted by Gasteiger charge is 2.31. The largest absolute Gasteiger partial charge is 0.497 e. The number of hydrogen-bond acceptors (Lipinski definition) is 6. The molecule has 2 N–H and O–H groups in total. The molecule has 0 bridgehead atoms. The van der Waals surface area contributed by atoms with E-state index in [9.17, 15) is 9.59 Å². The molecule has 2 aromatic rings. The van der Waals surface area contributed by atoms with Crippen LogP contribution in [0.25, 0.3) is 0 Å². The van der Waals surface area contributed by atoms with Crippen molar-refractivity contribution in [2.24, 2.45) is 0 Å². The molecule has 1 aliphatic rings. The third-order valence-corrected chi connectivity index (χ3v) is 6.61. The average Bonchev–Trinajstić information content (AvgIpc) is 3.30. The molecule has 0 unspecified atom stereocenters. The Balaban J connectivity index is 1.52. The predicted octanol–water partition coefficient (Wildman–Crippen LogP) is 1.91. The summed E-state index contributed by atoms with van der Waals surface area (Å²) < 4.78 is 5.15. The zero-order valence-electron chi connectivity index (χ0n) is 18.5. The number of nitrogens with zero attached hydrogens (tertiary/aromatic N) is 2. The van der Waals surface area contributed by atoms with E-state index < -0.39 is 11.8 Å². The molecule has 168 valence electrons. The molecule has 0 radical (unpaired) electrons. The van der Waals surface area contributed by atoms with E-state index in [0.717, 1.165) is 37.5 Å². The lowest BCUT2D eigenvalue weighted by Crippen LogP contribution is -2.53. The number of hydrogen-bond donors (Lipinski definition) is 2. The molecule has 7 nitrogen and oxygen atoms in total. The fraction of sp³-hybridized carbons (Fsp3) is 0.478. The molecule has 0 spiro atoms. The lowest BCUT2D eigenvalue weighted by Gasteiger charge is -2.40. The van der Waals surface area contributed by atoms with Gasteiger partial charge in [-0.15, -0.1) is 11.3 Å². The van der Waals surface area contributed by atoms with Gasteiger partial charge in [0.05, 0.1) is 13.2 Å². The van der Waals surface area contributed by atoms with Gasteiger partial charge in [-0.05, 0) is 49.5 Å². The number of rotatable bonds is 8. The molecule has 2 amide bonds. The van der Waals surface area contributed by atoms with Crippen molar-refractivity contribution in [3.63, 3.8) is 0 Å². The Kier molecular flexibility index (Phi) is 8.45. The van der Waals surface area contributed by atoms with Gasteiger partial charge in [-0.2, -0.15) is 0 Å². The third kappa shape index (κ3) is 6.53. The minimum Gasteiger partial charge on any atom is -0.497 e. The number of carbonyl (C=O) groups excluding carboxylic acids is 2. The summed E-state index contributed by atoms with van der Waals surface area (Å²) >= 11 is 1.69. The van der Waals surface area contributed by atoms with Crippen LogP contribution in [0.3, 0.4) is 0 Å². The minimum atomic E-state index is -0.594. The van der Waals surface area contributed by atoms with Gasteiger partial charge < -0.3 is 20.3 Å². The molecule has 0 aliphatic carbocycles. The van der Waals surface area contributed by atoms with E-state index >= 15 is 0 Å². The number of carbonyl (C=O) groups is 2. The summed E-state index contributed by atoms with van der Waals surface area (Å²) in [5, 5.41) is 7.70. The maximum Gasteiger partial charge on any atom is 0.309 e. The van der Waals surface area contributed by atoms with Crippen LogP contribution in [0.2, 0.25) is 0 Å². The van der Waals surface area contributed by atoms with Gasteiger partial charge in [0.2, 0.25) is 0 Å². The lowest BCUT2D eigenvalue weighted by molar-refractivity contribution is -0.139. The van der Waals surface area contributed by atoms with Crippen molar-refractivity contribution >= 4 is 23.2 Å². The number of nitrogens with one attached hydrogen (secondary N) is 2. The molecule has 1 aromatic heterocycles. The number of amides is 2. The Morgan fingerprint density at radius 1 is 1.10 bits per heavy atom. The maximum atomic E-state index is 12.5. The first-order valence-electron chi connectivity index (χ1n) is 10.7. The molecule has 1 fully saturated rings. The van der Waals surface area contributed by atoms with Crippen molar-refractivity contribution in [3.8, 4) is 5.75 Å². The van der Waals surface area contributed by atoms with E-state index in [4.69, 9.17) is 4.74 Å². The van der Waals surface area contributed by atoms with Gasteiger partial charge in [0.25, 0.3) is 0 Å². The van der Waals surface area contributed by atoms with Crippen LogP contribution in [0.15, 0.2) is 41.8 Å². The van der Waals surface area contributed by atoms with Crippen LogP contribution in [0, 0.1) is 0 Å². The van der Waals surface area contributed by atoms with Gasteiger partial charge in [-0.25, -0.2) is 0 Å². The second kappa shape index (κ2) is 11.3. The normalized spacial score (nSPS) is 17.0. The summed E-state index contributed by atoms with van der Waals surface area (Å²) in [4.78, 5) is 30.8.